The fourth-order valence-corrected chi connectivity index (χ4v) is 4.66. The molecule has 2 N–H and O–H groups in total. The van der Waals surface area contributed by atoms with Gasteiger partial charge in [-0.1, -0.05) is 0 Å². The fourth-order valence-electron chi connectivity index (χ4n) is 4.14. The molecule has 1 aromatic carbocycles. The third-order valence-electron chi connectivity index (χ3n) is 6.02. The zero-order valence-electron chi connectivity index (χ0n) is 19.5. The third-order valence-corrected chi connectivity index (χ3v) is 6.66. The van der Waals surface area contributed by atoms with E-state index in [1.54, 1.807) is 18.9 Å². The Labute approximate surface area is 192 Å². The molecule has 1 atom stereocenters. The molecule has 32 heavy (non-hydrogen) atoms. The molecule has 1 amide bonds. The van der Waals surface area contributed by atoms with Crippen LogP contribution in [-0.4, -0.2) is 48.4 Å². The Balaban J connectivity index is 1.90. The highest BCUT2D eigenvalue weighted by atomic mass is 32.2. The summed E-state index contributed by atoms with van der Waals surface area (Å²) in [5, 5.41) is 13.1. The summed E-state index contributed by atoms with van der Waals surface area (Å²) in [6, 6.07) is 1.58. The number of rotatable bonds is 9. The molecule has 1 aliphatic heterocycles. The van der Waals surface area contributed by atoms with E-state index in [1.165, 1.54) is 0 Å². The van der Waals surface area contributed by atoms with Crippen LogP contribution in [0.1, 0.15) is 49.8 Å². The number of amides is 1. The van der Waals surface area contributed by atoms with E-state index >= 15 is 0 Å². The Morgan fingerprint density at radius 1 is 1.41 bits per heavy atom. The van der Waals surface area contributed by atoms with Gasteiger partial charge in [-0.15, -0.1) is 0 Å². The summed E-state index contributed by atoms with van der Waals surface area (Å²) in [4.78, 5) is 25.3. The molecule has 3 rings (SSSR count). The van der Waals surface area contributed by atoms with Crippen LogP contribution in [0.3, 0.4) is 0 Å². The van der Waals surface area contributed by atoms with Crippen molar-refractivity contribution in [2.75, 3.05) is 25.7 Å². The molecule has 8 heteroatoms. The summed E-state index contributed by atoms with van der Waals surface area (Å²) < 4.78 is 17.5. The molecule has 0 saturated carbocycles. The van der Waals surface area contributed by atoms with Crippen molar-refractivity contribution in [3.05, 3.63) is 33.2 Å². The van der Waals surface area contributed by atoms with Crippen LogP contribution < -0.4 is 20.4 Å². The van der Waals surface area contributed by atoms with E-state index in [1.807, 2.05) is 33.1 Å². The number of carbonyl (C=O) groups is 1. The number of hydrogen-bond acceptors (Lipinski definition) is 7. The number of aryl methyl sites for hydroxylation is 2. The van der Waals surface area contributed by atoms with E-state index in [9.17, 15) is 14.7 Å². The van der Waals surface area contributed by atoms with E-state index in [2.05, 4.69) is 5.32 Å². The van der Waals surface area contributed by atoms with Crippen molar-refractivity contribution in [1.82, 2.24) is 5.32 Å². The van der Waals surface area contributed by atoms with Crippen LogP contribution in [0, 0.1) is 6.92 Å². The van der Waals surface area contributed by atoms with Crippen molar-refractivity contribution in [3.63, 3.8) is 0 Å². The second-order valence-electron chi connectivity index (χ2n) is 8.84. The zero-order valence-corrected chi connectivity index (χ0v) is 20.3. The predicted octanol–water partition coefficient (Wildman–Crippen LogP) is 3.38. The van der Waals surface area contributed by atoms with Crippen LogP contribution in [0.5, 0.6) is 11.5 Å². The lowest BCUT2D eigenvalue weighted by Gasteiger charge is -2.33. The highest BCUT2D eigenvalue weighted by Crippen LogP contribution is 2.43. The van der Waals surface area contributed by atoms with Gasteiger partial charge in [0.05, 0.1) is 25.1 Å². The van der Waals surface area contributed by atoms with E-state index < -0.39 is 5.63 Å². The maximum Gasteiger partial charge on any atom is 0.339 e. The van der Waals surface area contributed by atoms with Crippen LogP contribution in [0.15, 0.2) is 15.3 Å². The van der Waals surface area contributed by atoms with Crippen molar-refractivity contribution in [2.24, 2.45) is 0 Å². The highest BCUT2D eigenvalue weighted by molar-refractivity contribution is 7.98. The van der Waals surface area contributed by atoms with Crippen LogP contribution in [0.2, 0.25) is 0 Å². The van der Waals surface area contributed by atoms with Gasteiger partial charge >= 0.3 is 5.63 Å². The molecule has 0 unspecified atom stereocenters. The minimum Gasteiger partial charge on any atom is -0.496 e. The van der Waals surface area contributed by atoms with Gasteiger partial charge in [0.15, 0.2) is 0 Å². The van der Waals surface area contributed by atoms with Gasteiger partial charge in [0.25, 0.3) is 0 Å². The lowest BCUT2D eigenvalue weighted by atomic mass is 9.91. The Kier molecular flexibility index (Phi) is 7.77. The first-order valence-corrected chi connectivity index (χ1v) is 12.3. The number of thioether (sulfide) groups is 1. The Bertz CT molecular complexity index is 1050. The smallest absolute Gasteiger partial charge is 0.339 e. The normalized spacial score (nSPS) is 15.7. The fraction of sp³-hybridized carbons (Fsp3) is 0.583. The molecule has 176 valence electrons. The topological polar surface area (TPSA) is 98.0 Å². The number of methoxy groups -OCH3 is 1. The molecule has 0 bridgehead atoms. The van der Waals surface area contributed by atoms with Gasteiger partial charge in [-0.2, -0.15) is 11.8 Å². The van der Waals surface area contributed by atoms with Crippen LogP contribution >= 0.6 is 11.8 Å². The van der Waals surface area contributed by atoms with E-state index in [0.717, 1.165) is 35.1 Å². The van der Waals surface area contributed by atoms with Crippen molar-refractivity contribution in [3.8, 4) is 11.5 Å². The average Bonchev–Trinajstić information content (AvgIpc) is 2.74. The number of aliphatic hydroxyl groups excluding tert-OH is 1. The number of carbonyl (C=O) groups excluding carboxylic acids is 1. The minimum absolute atomic E-state index is 0.107. The molecular formula is C24H33NO6S. The molecule has 7 nitrogen and oxygen atoms in total. The number of nitrogens with one attached hydrogen (secondary N) is 1. The third kappa shape index (κ3) is 5.23. The van der Waals surface area contributed by atoms with Crippen LogP contribution in [0.25, 0.3) is 11.0 Å². The number of fused-ring (bicyclic) bond motifs is 3. The monoisotopic (exact) mass is 463 g/mol. The van der Waals surface area contributed by atoms with Gasteiger partial charge in [0.1, 0.15) is 22.7 Å². The number of aliphatic hydroxyl groups is 1. The Morgan fingerprint density at radius 3 is 2.81 bits per heavy atom. The summed E-state index contributed by atoms with van der Waals surface area (Å²) in [6.45, 7) is 5.82. The maximum atomic E-state index is 12.9. The second-order valence-corrected chi connectivity index (χ2v) is 9.83. The SMILES string of the molecule is COc1cc2c(c3oc(=O)c(CCC(=O)N[C@@H](CO)CCSC)c(C)c13)CCC(C)(C)O2. The number of hydrogen-bond donors (Lipinski definition) is 2. The molecule has 1 aromatic heterocycles. The Hall–Kier alpha value is -2.19. The Morgan fingerprint density at radius 2 is 2.16 bits per heavy atom. The second kappa shape index (κ2) is 10.2. The quantitative estimate of drug-likeness (QED) is 0.550. The van der Waals surface area contributed by atoms with E-state index in [-0.39, 0.29) is 37.0 Å². The molecule has 2 heterocycles. The molecule has 0 radical (unpaired) electrons. The summed E-state index contributed by atoms with van der Waals surface area (Å²) in [6.07, 6.45) is 4.62. The van der Waals surface area contributed by atoms with Gasteiger partial charge in [0, 0.05) is 23.6 Å². The van der Waals surface area contributed by atoms with Gasteiger partial charge in [-0.25, -0.2) is 4.79 Å². The van der Waals surface area contributed by atoms with Crippen molar-refractivity contribution < 1.29 is 23.8 Å². The molecular weight excluding hydrogens is 430 g/mol. The molecule has 0 saturated heterocycles. The first-order valence-electron chi connectivity index (χ1n) is 10.9. The van der Waals surface area contributed by atoms with Crippen molar-refractivity contribution >= 4 is 28.6 Å². The first kappa shape index (κ1) is 24.5. The predicted molar refractivity (Wildman–Crippen MR) is 127 cm³/mol. The minimum atomic E-state index is -0.441. The first-order chi connectivity index (χ1) is 15.2. The summed E-state index contributed by atoms with van der Waals surface area (Å²) in [5.74, 6) is 1.92. The van der Waals surface area contributed by atoms with E-state index in [0.29, 0.717) is 29.1 Å². The molecule has 0 fully saturated rings. The van der Waals surface area contributed by atoms with Crippen LogP contribution in [-0.2, 0) is 17.6 Å². The van der Waals surface area contributed by atoms with Gasteiger partial charge in [0.2, 0.25) is 5.91 Å². The number of benzene rings is 1. The maximum absolute atomic E-state index is 12.9. The average molecular weight is 464 g/mol. The van der Waals surface area contributed by atoms with Crippen molar-refractivity contribution in [1.29, 1.82) is 0 Å². The highest BCUT2D eigenvalue weighted by Gasteiger charge is 2.31. The van der Waals surface area contributed by atoms with E-state index in [4.69, 9.17) is 13.9 Å². The summed E-state index contributed by atoms with van der Waals surface area (Å²) in [5.41, 5.74) is 1.87. The van der Waals surface area contributed by atoms with Crippen LogP contribution in [0.4, 0.5) is 0 Å². The molecule has 1 aliphatic rings. The molecule has 0 aliphatic carbocycles. The molecule has 2 aromatic rings. The lowest BCUT2D eigenvalue weighted by molar-refractivity contribution is -0.122. The summed E-state index contributed by atoms with van der Waals surface area (Å²) >= 11 is 1.66. The summed E-state index contributed by atoms with van der Waals surface area (Å²) in [7, 11) is 1.58. The van der Waals surface area contributed by atoms with Gasteiger partial charge in [-0.05, 0) is 64.0 Å². The van der Waals surface area contributed by atoms with Gasteiger partial charge < -0.3 is 24.3 Å². The van der Waals surface area contributed by atoms with Crippen molar-refractivity contribution in [2.45, 2.75) is 64.5 Å². The number of ether oxygens (including phenoxy) is 2. The standard InChI is InChI=1S/C24H33NO6S/c1-14-16(6-7-20(27)25-15(13-26)9-11-32-5)23(28)30-22-17-8-10-24(2,3)31-18(17)12-19(29-4)21(14)22/h12,15,26H,6-11,13H2,1-5H3,(H,25,27)/t15-/m1/s1. The lowest BCUT2D eigenvalue weighted by Crippen LogP contribution is -2.38. The van der Waals surface area contributed by atoms with Gasteiger partial charge in [-0.3, -0.25) is 4.79 Å². The largest absolute Gasteiger partial charge is 0.496 e. The molecule has 0 spiro atoms. The zero-order chi connectivity index (χ0) is 23.5.